The Morgan fingerprint density at radius 1 is 0.918 bits per heavy atom. The number of aromatic amines is 1. The van der Waals surface area contributed by atoms with Crippen molar-refractivity contribution in [2.75, 3.05) is 70.1 Å². The van der Waals surface area contributed by atoms with Crippen LogP contribution in [0.4, 0.5) is 24.5 Å². The van der Waals surface area contributed by atoms with Crippen molar-refractivity contribution in [2.45, 2.75) is 44.7 Å². The Hall–Kier alpha value is -6.42. The maximum atomic E-state index is 16.6. The molecule has 3 aliphatic heterocycles. The highest BCUT2D eigenvalue weighted by atomic mass is 19.1. The lowest BCUT2D eigenvalue weighted by molar-refractivity contribution is -0.134. The second kappa shape index (κ2) is 17.7. The Balaban J connectivity index is 0.954. The zero-order valence-corrected chi connectivity index (χ0v) is 34.1. The Morgan fingerprint density at radius 2 is 1.74 bits per heavy atom. The number of anilines is 2. The van der Waals surface area contributed by atoms with Gasteiger partial charge in [-0.15, -0.1) is 0 Å². The van der Waals surface area contributed by atoms with Crippen molar-refractivity contribution in [2.24, 2.45) is 0 Å². The molecule has 4 amide bonds. The minimum atomic E-state index is -0.595. The highest BCUT2D eigenvalue weighted by molar-refractivity contribution is 6.05. The molecule has 5 aromatic rings. The monoisotopic (exact) mass is 835 g/mol. The van der Waals surface area contributed by atoms with Crippen LogP contribution in [0.1, 0.15) is 47.3 Å². The van der Waals surface area contributed by atoms with Crippen molar-refractivity contribution < 1.29 is 32.3 Å². The van der Waals surface area contributed by atoms with Crippen LogP contribution in [0.3, 0.4) is 0 Å². The molecule has 0 spiro atoms. The van der Waals surface area contributed by atoms with E-state index in [9.17, 15) is 19.2 Å². The largest absolute Gasteiger partial charge is 0.374 e. The van der Waals surface area contributed by atoms with Crippen LogP contribution in [-0.2, 0) is 27.3 Å². The number of carbonyl (C=O) groups excluding carboxylic acids is 4. The van der Waals surface area contributed by atoms with E-state index < -0.39 is 23.6 Å². The van der Waals surface area contributed by atoms with E-state index >= 15 is 13.2 Å². The van der Waals surface area contributed by atoms with Gasteiger partial charge in [-0.3, -0.25) is 34.1 Å². The molecule has 0 aliphatic carbocycles. The van der Waals surface area contributed by atoms with Gasteiger partial charge in [-0.25, -0.2) is 13.2 Å². The van der Waals surface area contributed by atoms with Gasteiger partial charge in [0.05, 0.1) is 5.52 Å². The number of hydrogen-bond acceptors (Lipinski definition) is 8. The number of aromatic nitrogens is 3. The number of H-pyrrole nitrogens is 1. The molecule has 8 rings (SSSR count). The van der Waals surface area contributed by atoms with Gasteiger partial charge in [0.25, 0.3) is 5.91 Å². The van der Waals surface area contributed by atoms with E-state index in [0.29, 0.717) is 98.5 Å². The van der Waals surface area contributed by atoms with Gasteiger partial charge in [-0.2, -0.15) is 5.10 Å². The molecule has 2 aromatic heterocycles. The highest BCUT2D eigenvalue weighted by Crippen LogP contribution is 2.39. The van der Waals surface area contributed by atoms with Crippen molar-refractivity contribution in [3.63, 3.8) is 0 Å². The first-order valence-corrected chi connectivity index (χ1v) is 20.6. The van der Waals surface area contributed by atoms with E-state index in [1.54, 1.807) is 72.5 Å². The number of benzene rings is 3. The SMILES string of the molecule is CN(C)C(=O)c1cc2c(-c3ccc(N4CCN(CCc5ccc(NC6CCC(=O)NC6=O)cc5F)CC4)cc3F)cc(C3=CCCN(C(=O)CCn4cccn4)C3)c(F)c2[nH]1. The van der Waals surface area contributed by atoms with Gasteiger partial charge in [-0.05, 0) is 84.5 Å². The van der Waals surface area contributed by atoms with E-state index in [2.05, 4.69) is 30.5 Å². The number of fused-ring (bicyclic) bond motifs is 1. The molecule has 1 atom stereocenters. The summed E-state index contributed by atoms with van der Waals surface area (Å²) in [7, 11) is 3.20. The third-order valence-electron chi connectivity index (χ3n) is 11.8. The number of piperidine rings is 1. The van der Waals surface area contributed by atoms with Crippen molar-refractivity contribution in [3.05, 3.63) is 107 Å². The van der Waals surface area contributed by atoms with Crippen LogP contribution in [0, 0.1) is 17.5 Å². The fourth-order valence-corrected chi connectivity index (χ4v) is 8.33. The van der Waals surface area contributed by atoms with Gasteiger partial charge in [0, 0.05) is 120 Å². The summed E-state index contributed by atoms with van der Waals surface area (Å²) in [6, 6.07) is 14.2. The Morgan fingerprint density at radius 3 is 2.46 bits per heavy atom. The Labute approximate surface area is 351 Å². The topological polar surface area (TPSA) is 139 Å². The highest BCUT2D eigenvalue weighted by Gasteiger charge is 2.28. The number of rotatable bonds is 12. The minimum absolute atomic E-state index is 0.0780. The second-order valence-electron chi connectivity index (χ2n) is 16.0. The molecular weight excluding hydrogens is 788 g/mol. The first kappa shape index (κ1) is 41.3. The third-order valence-corrected chi connectivity index (χ3v) is 11.8. The number of piperazine rings is 1. The van der Waals surface area contributed by atoms with E-state index in [-0.39, 0.29) is 65.3 Å². The lowest BCUT2D eigenvalue weighted by atomic mass is 9.92. The number of imide groups is 1. The molecule has 2 saturated heterocycles. The molecule has 1 unspecified atom stereocenters. The number of nitrogens with one attached hydrogen (secondary N) is 3. The molecule has 61 heavy (non-hydrogen) atoms. The number of nitrogens with zero attached hydrogens (tertiary/aromatic N) is 6. The lowest BCUT2D eigenvalue weighted by Crippen LogP contribution is -2.47. The Bertz CT molecular complexity index is 2510. The first-order chi connectivity index (χ1) is 29.4. The average molecular weight is 836 g/mol. The van der Waals surface area contributed by atoms with Crippen LogP contribution in [0.5, 0.6) is 0 Å². The lowest BCUT2D eigenvalue weighted by Gasteiger charge is -2.36. The Kier molecular flexibility index (Phi) is 12.0. The van der Waals surface area contributed by atoms with Crippen molar-refractivity contribution >= 4 is 51.5 Å². The number of amides is 4. The maximum Gasteiger partial charge on any atom is 0.269 e. The van der Waals surface area contributed by atoms with E-state index in [4.69, 9.17) is 0 Å². The number of hydrogen-bond donors (Lipinski definition) is 3. The summed E-state index contributed by atoms with van der Waals surface area (Å²) in [5, 5.41) is 9.85. The quantitative estimate of drug-likeness (QED) is 0.142. The molecule has 2 fully saturated rings. The fourth-order valence-electron chi connectivity index (χ4n) is 8.33. The molecule has 16 heteroatoms. The zero-order valence-electron chi connectivity index (χ0n) is 34.1. The van der Waals surface area contributed by atoms with Crippen LogP contribution in [0.25, 0.3) is 27.6 Å². The number of aryl methyl sites for hydroxylation is 1. The molecule has 0 radical (unpaired) electrons. The third kappa shape index (κ3) is 9.04. The molecule has 3 N–H and O–H groups in total. The van der Waals surface area contributed by atoms with Crippen LogP contribution < -0.4 is 15.5 Å². The fraction of sp³-hybridized carbons (Fsp3) is 0.356. The summed E-state index contributed by atoms with van der Waals surface area (Å²) >= 11 is 0. The summed E-state index contributed by atoms with van der Waals surface area (Å²) in [4.78, 5) is 60.2. The van der Waals surface area contributed by atoms with Crippen LogP contribution >= 0.6 is 0 Å². The van der Waals surface area contributed by atoms with E-state index in [1.165, 1.54) is 17.0 Å². The summed E-state index contributed by atoms with van der Waals surface area (Å²) in [5.41, 5.74) is 3.49. The smallest absolute Gasteiger partial charge is 0.269 e. The number of carbonyl (C=O) groups is 4. The standard InChI is InChI=1S/C45H48F3N9O4/c1-53(2)45(61)39-26-35-34(25-33(42(48)43(35)51-39)29-5-3-15-56(27-29)41(59)13-18-57-16-4-14-49-57)32-9-8-31(24-37(32)47)55-21-19-54(20-22-55)17-12-28-6-7-30(23-36(28)46)50-38-10-11-40(58)52-44(38)60/h4-9,14,16,23-26,38,50-51H,3,10-13,15,17-22,27H2,1-2H3,(H,52,58,60). The summed E-state index contributed by atoms with van der Waals surface area (Å²) in [6.45, 7) is 4.35. The average Bonchev–Trinajstić information content (AvgIpc) is 3.95. The van der Waals surface area contributed by atoms with Crippen molar-refractivity contribution in [1.82, 2.24) is 34.8 Å². The summed E-state index contributed by atoms with van der Waals surface area (Å²) in [6.07, 6.45) is 7.19. The van der Waals surface area contributed by atoms with Crippen molar-refractivity contribution in [1.29, 1.82) is 0 Å². The van der Waals surface area contributed by atoms with Gasteiger partial charge in [-0.1, -0.05) is 12.1 Å². The van der Waals surface area contributed by atoms with Crippen LogP contribution in [0.2, 0.25) is 0 Å². The summed E-state index contributed by atoms with van der Waals surface area (Å²) in [5.74, 6) is -2.61. The van der Waals surface area contributed by atoms with Crippen LogP contribution in [0.15, 0.2) is 73.1 Å². The van der Waals surface area contributed by atoms with Gasteiger partial charge in [0.1, 0.15) is 23.4 Å². The van der Waals surface area contributed by atoms with Gasteiger partial charge < -0.3 is 25.0 Å². The molecule has 13 nitrogen and oxygen atoms in total. The molecule has 3 aromatic carbocycles. The second-order valence-corrected chi connectivity index (χ2v) is 16.0. The first-order valence-electron chi connectivity index (χ1n) is 20.6. The molecule has 3 aliphatic rings. The maximum absolute atomic E-state index is 16.6. The minimum Gasteiger partial charge on any atom is -0.374 e. The van der Waals surface area contributed by atoms with Gasteiger partial charge in [0.15, 0.2) is 5.82 Å². The molecule has 0 bridgehead atoms. The summed E-state index contributed by atoms with van der Waals surface area (Å²) < 4.78 is 49.7. The van der Waals surface area contributed by atoms with Gasteiger partial charge in [0.2, 0.25) is 17.7 Å². The molecular formula is C45H48F3N9O4. The normalized spacial score (nSPS) is 17.4. The molecule has 5 heterocycles. The van der Waals surface area contributed by atoms with E-state index in [1.807, 2.05) is 12.1 Å². The number of halogens is 3. The molecule has 318 valence electrons. The molecule has 0 saturated carbocycles. The zero-order chi connectivity index (χ0) is 42.8. The van der Waals surface area contributed by atoms with Gasteiger partial charge >= 0.3 is 0 Å². The predicted molar refractivity (Wildman–Crippen MR) is 226 cm³/mol. The predicted octanol–water partition coefficient (Wildman–Crippen LogP) is 5.44. The van der Waals surface area contributed by atoms with Crippen LogP contribution in [-0.4, -0.2) is 119 Å². The van der Waals surface area contributed by atoms with Crippen molar-refractivity contribution in [3.8, 4) is 11.1 Å². The van der Waals surface area contributed by atoms with E-state index in [0.717, 1.165) is 0 Å².